The molecule has 18 heavy (non-hydrogen) atoms. The van der Waals surface area contributed by atoms with Crippen molar-refractivity contribution in [1.29, 1.82) is 0 Å². The Bertz CT molecular complexity index is 685. The van der Waals surface area contributed by atoms with E-state index < -0.39 is 15.8 Å². The number of sulfonamides is 1. The number of anilines is 1. The second kappa shape index (κ2) is 5.28. The predicted molar refractivity (Wildman–Crippen MR) is 76.9 cm³/mol. The van der Waals surface area contributed by atoms with Gasteiger partial charge in [0.15, 0.2) is 0 Å². The molecule has 0 fully saturated rings. The molecule has 1 N–H and O–H groups in total. The molecular weight excluding hydrogens is 409 g/mol. The molecule has 0 atom stereocenters. The monoisotopic (exact) mass is 413 g/mol. The summed E-state index contributed by atoms with van der Waals surface area (Å²) in [6.45, 7) is 0. The van der Waals surface area contributed by atoms with Crippen molar-refractivity contribution in [3.05, 3.63) is 44.4 Å². The highest BCUT2D eigenvalue weighted by Gasteiger charge is 2.17. The first kappa shape index (κ1) is 14.0. The first-order valence-corrected chi connectivity index (χ1v) is 8.50. The van der Waals surface area contributed by atoms with E-state index in [0.29, 0.717) is 5.69 Å². The molecule has 2 aromatic rings. The molecular formula is C10H6Br2FNO2S2. The van der Waals surface area contributed by atoms with E-state index in [9.17, 15) is 12.8 Å². The Kier molecular flexibility index (Phi) is 4.10. The van der Waals surface area contributed by atoms with Crippen molar-refractivity contribution >= 4 is 58.9 Å². The average molecular weight is 415 g/mol. The molecule has 0 saturated carbocycles. The zero-order chi connectivity index (χ0) is 13.3. The van der Waals surface area contributed by atoms with E-state index in [2.05, 4.69) is 36.6 Å². The van der Waals surface area contributed by atoms with E-state index in [0.717, 1.165) is 15.1 Å². The lowest BCUT2D eigenvalue weighted by atomic mass is 10.3. The Morgan fingerprint density at radius 1 is 1.17 bits per heavy atom. The lowest BCUT2D eigenvalue weighted by molar-refractivity contribution is 0.602. The maximum Gasteiger partial charge on any atom is 0.271 e. The largest absolute Gasteiger partial charge is 0.279 e. The SMILES string of the molecule is O=S(=O)(Nc1ccc(F)c(Br)c1)c1ccc(Br)s1. The molecule has 1 aromatic carbocycles. The van der Waals surface area contributed by atoms with Crippen LogP contribution in [-0.4, -0.2) is 8.42 Å². The average Bonchev–Trinajstić information content (AvgIpc) is 2.71. The van der Waals surface area contributed by atoms with E-state index in [1.54, 1.807) is 6.07 Å². The highest BCUT2D eigenvalue weighted by molar-refractivity contribution is 9.11. The molecule has 8 heteroatoms. The third-order valence-electron chi connectivity index (χ3n) is 1.99. The lowest BCUT2D eigenvalue weighted by Crippen LogP contribution is -2.11. The molecule has 96 valence electrons. The van der Waals surface area contributed by atoms with Crippen LogP contribution in [0.4, 0.5) is 10.1 Å². The van der Waals surface area contributed by atoms with Crippen molar-refractivity contribution < 1.29 is 12.8 Å². The summed E-state index contributed by atoms with van der Waals surface area (Å²) < 4.78 is 40.5. The summed E-state index contributed by atoms with van der Waals surface area (Å²) >= 11 is 7.30. The van der Waals surface area contributed by atoms with Crippen LogP contribution in [0, 0.1) is 5.82 Å². The van der Waals surface area contributed by atoms with E-state index >= 15 is 0 Å². The Hall–Kier alpha value is -0.440. The molecule has 0 saturated heterocycles. The molecule has 3 nitrogen and oxygen atoms in total. The summed E-state index contributed by atoms with van der Waals surface area (Å²) in [5.41, 5.74) is 0.299. The minimum absolute atomic E-state index is 0.190. The number of nitrogens with one attached hydrogen (secondary N) is 1. The Morgan fingerprint density at radius 2 is 1.89 bits per heavy atom. The summed E-state index contributed by atoms with van der Waals surface area (Å²) in [5, 5.41) is 0. The second-order valence-corrected chi connectivity index (χ2v) is 8.52. The van der Waals surface area contributed by atoms with Crippen molar-refractivity contribution in [2.45, 2.75) is 4.21 Å². The number of rotatable bonds is 3. The molecule has 0 spiro atoms. The minimum Gasteiger partial charge on any atom is -0.279 e. The number of hydrogen-bond donors (Lipinski definition) is 1. The summed E-state index contributed by atoms with van der Waals surface area (Å²) in [4.78, 5) is 0. The summed E-state index contributed by atoms with van der Waals surface area (Å²) in [5.74, 6) is -0.447. The smallest absolute Gasteiger partial charge is 0.271 e. The molecule has 0 unspecified atom stereocenters. The van der Waals surface area contributed by atoms with Gasteiger partial charge >= 0.3 is 0 Å². The van der Waals surface area contributed by atoms with Crippen LogP contribution < -0.4 is 4.72 Å². The first-order valence-electron chi connectivity index (χ1n) is 4.62. The third kappa shape index (κ3) is 3.11. The molecule has 1 heterocycles. The second-order valence-electron chi connectivity index (χ2n) is 3.29. The molecule has 0 aliphatic carbocycles. The van der Waals surface area contributed by atoms with Crippen molar-refractivity contribution in [3.8, 4) is 0 Å². The standard InChI is InChI=1S/C10H6Br2FNO2S2/c11-7-5-6(1-2-8(7)13)14-18(15,16)10-4-3-9(12)17-10/h1-5,14H. The summed E-state index contributed by atoms with van der Waals surface area (Å²) in [7, 11) is -3.63. The normalized spacial score (nSPS) is 11.5. The van der Waals surface area contributed by atoms with Gasteiger partial charge in [-0.15, -0.1) is 11.3 Å². The maximum absolute atomic E-state index is 13.0. The summed E-state index contributed by atoms with van der Waals surface area (Å²) in [6, 6.07) is 7.07. The lowest BCUT2D eigenvalue weighted by Gasteiger charge is -2.06. The molecule has 0 aliphatic heterocycles. The molecule has 0 radical (unpaired) electrons. The van der Waals surface area contributed by atoms with Crippen molar-refractivity contribution in [2.75, 3.05) is 4.72 Å². The number of benzene rings is 1. The van der Waals surface area contributed by atoms with Gasteiger partial charge in [-0.3, -0.25) is 4.72 Å². The minimum atomic E-state index is -3.63. The van der Waals surface area contributed by atoms with Gasteiger partial charge in [0.2, 0.25) is 0 Å². The molecule has 0 aliphatic rings. The van der Waals surface area contributed by atoms with Crippen molar-refractivity contribution in [3.63, 3.8) is 0 Å². The van der Waals surface area contributed by atoms with Gasteiger partial charge < -0.3 is 0 Å². The quantitative estimate of drug-likeness (QED) is 0.817. The van der Waals surface area contributed by atoms with Crippen LogP contribution in [0.25, 0.3) is 0 Å². The van der Waals surface area contributed by atoms with Gasteiger partial charge in [0, 0.05) is 0 Å². The number of halogens is 3. The van der Waals surface area contributed by atoms with Crippen LogP contribution in [0.5, 0.6) is 0 Å². The van der Waals surface area contributed by atoms with Crippen molar-refractivity contribution in [1.82, 2.24) is 0 Å². The van der Waals surface area contributed by atoms with Crippen LogP contribution in [0.2, 0.25) is 0 Å². The number of thiophene rings is 1. The van der Waals surface area contributed by atoms with Gasteiger partial charge in [-0.25, -0.2) is 12.8 Å². The Labute approximate surface area is 124 Å². The predicted octanol–water partition coefficient (Wildman–Crippen LogP) is 4.21. The fraction of sp³-hybridized carbons (Fsp3) is 0. The molecule has 0 amide bonds. The Morgan fingerprint density at radius 3 is 2.44 bits per heavy atom. The van der Waals surface area contributed by atoms with E-state index in [-0.39, 0.29) is 8.68 Å². The van der Waals surface area contributed by atoms with Crippen molar-refractivity contribution in [2.24, 2.45) is 0 Å². The number of hydrogen-bond acceptors (Lipinski definition) is 3. The molecule has 1 aromatic heterocycles. The maximum atomic E-state index is 13.0. The van der Waals surface area contributed by atoms with Crippen LogP contribution in [-0.2, 0) is 10.0 Å². The van der Waals surface area contributed by atoms with Gasteiger partial charge in [-0.2, -0.15) is 0 Å². The van der Waals surface area contributed by atoms with E-state index in [4.69, 9.17) is 0 Å². The van der Waals surface area contributed by atoms with E-state index in [1.165, 1.54) is 24.3 Å². The van der Waals surface area contributed by atoms with Crippen LogP contribution in [0.15, 0.2) is 42.8 Å². The van der Waals surface area contributed by atoms with Gasteiger partial charge in [-0.1, -0.05) is 0 Å². The van der Waals surface area contributed by atoms with Crippen LogP contribution in [0.1, 0.15) is 0 Å². The highest BCUT2D eigenvalue weighted by atomic mass is 79.9. The highest BCUT2D eigenvalue weighted by Crippen LogP contribution is 2.28. The Balaban J connectivity index is 2.30. The zero-order valence-electron chi connectivity index (χ0n) is 8.65. The van der Waals surface area contributed by atoms with Gasteiger partial charge in [0.1, 0.15) is 10.0 Å². The first-order chi connectivity index (χ1) is 8.38. The topological polar surface area (TPSA) is 46.2 Å². The van der Waals surface area contributed by atoms with E-state index in [1.807, 2.05) is 0 Å². The molecule has 2 rings (SSSR count). The third-order valence-corrected chi connectivity index (χ3v) is 6.09. The summed E-state index contributed by atoms with van der Waals surface area (Å²) in [6.07, 6.45) is 0. The zero-order valence-corrected chi connectivity index (χ0v) is 13.5. The van der Waals surface area contributed by atoms with Gasteiger partial charge in [-0.05, 0) is 62.2 Å². The van der Waals surface area contributed by atoms with Crippen LogP contribution >= 0.6 is 43.2 Å². The van der Waals surface area contributed by atoms with Gasteiger partial charge in [0.05, 0.1) is 13.9 Å². The fourth-order valence-corrected chi connectivity index (χ4v) is 4.65. The van der Waals surface area contributed by atoms with Gasteiger partial charge in [0.25, 0.3) is 10.0 Å². The molecule has 0 bridgehead atoms. The van der Waals surface area contributed by atoms with Crippen LogP contribution in [0.3, 0.4) is 0 Å². The fourth-order valence-electron chi connectivity index (χ4n) is 1.21.